The summed E-state index contributed by atoms with van der Waals surface area (Å²) in [5.74, 6) is 0. The second-order valence-electron chi connectivity index (χ2n) is 5.21. The number of para-hydroxylation sites is 1. The lowest BCUT2D eigenvalue weighted by Gasteiger charge is -2.31. The molecule has 0 spiro atoms. The van der Waals surface area contributed by atoms with Gasteiger partial charge >= 0.3 is 0 Å². The largest absolute Gasteiger partial charge is 0.299 e. The van der Waals surface area contributed by atoms with E-state index in [1.54, 1.807) is 6.07 Å². The first-order chi connectivity index (χ1) is 9.09. The molecule has 19 heavy (non-hydrogen) atoms. The van der Waals surface area contributed by atoms with Gasteiger partial charge in [-0.15, -0.1) is 0 Å². The molecule has 0 aliphatic heterocycles. The number of nitrogens with zero attached hydrogens (tertiary/aromatic N) is 2. The molecule has 1 saturated carbocycles. The second kappa shape index (κ2) is 6.48. The Kier molecular flexibility index (Phi) is 4.93. The van der Waals surface area contributed by atoms with Crippen molar-refractivity contribution in [2.24, 2.45) is 0 Å². The Morgan fingerprint density at radius 1 is 1.37 bits per heavy atom. The van der Waals surface area contributed by atoms with Gasteiger partial charge in [0.2, 0.25) is 0 Å². The van der Waals surface area contributed by atoms with Gasteiger partial charge in [0.15, 0.2) is 0 Å². The minimum absolute atomic E-state index is 0.199. The van der Waals surface area contributed by atoms with Crippen molar-refractivity contribution >= 4 is 21.6 Å². The highest BCUT2D eigenvalue weighted by Crippen LogP contribution is 2.31. The Morgan fingerprint density at radius 3 is 2.68 bits per heavy atom. The average Bonchev–Trinajstić information content (AvgIpc) is 2.39. The summed E-state index contributed by atoms with van der Waals surface area (Å²) in [6.45, 7) is 0.639. The number of nitro benzene ring substituents is 1. The van der Waals surface area contributed by atoms with E-state index in [9.17, 15) is 10.1 Å². The van der Waals surface area contributed by atoms with Crippen molar-refractivity contribution in [3.8, 4) is 0 Å². The first-order valence-corrected chi connectivity index (χ1v) is 7.51. The molecule has 1 fully saturated rings. The lowest BCUT2D eigenvalue weighted by molar-refractivity contribution is -0.386. The number of rotatable bonds is 4. The van der Waals surface area contributed by atoms with Crippen LogP contribution in [0.5, 0.6) is 0 Å². The van der Waals surface area contributed by atoms with Crippen LogP contribution in [0.4, 0.5) is 5.69 Å². The molecule has 0 aromatic heterocycles. The van der Waals surface area contributed by atoms with Crippen LogP contribution in [0.2, 0.25) is 0 Å². The lowest BCUT2D eigenvalue weighted by atomic mass is 9.94. The summed E-state index contributed by atoms with van der Waals surface area (Å²) >= 11 is 3.27. The van der Waals surface area contributed by atoms with E-state index >= 15 is 0 Å². The zero-order valence-corrected chi connectivity index (χ0v) is 12.7. The molecule has 0 bridgehead atoms. The minimum Gasteiger partial charge on any atom is -0.299 e. The van der Waals surface area contributed by atoms with Crippen LogP contribution >= 0.6 is 15.9 Å². The van der Waals surface area contributed by atoms with Crippen LogP contribution < -0.4 is 0 Å². The Balaban J connectivity index is 2.14. The summed E-state index contributed by atoms with van der Waals surface area (Å²) in [6.07, 6.45) is 6.28. The molecular weight excluding hydrogens is 308 g/mol. The van der Waals surface area contributed by atoms with Gasteiger partial charge in [0.05, 0.1) is 9.40 Å². The normalized spacial score (nSPS) is 16.8. The van der Waals surface area contributed by atoms with Crippen LogP contribution in [0.3, 0.4) is 0 Å². The number of hydrogen-bond donors (Lipinski definition) is 0. The molecule has 0 radical (unpaired) electrons. The topological polar surface area (TPSA) is 46.4 Å². The van der Waals surface area contributed by atoms with Gasteiger partial charge in [-0.3, -0.25) is 15.0 Å². The minimum atomic E-state index is -0.297. The van der Waals surface area contributed by atoms with Crippen molar-refractivity contribution in [2.45, 2.75) is 44.7 Å². The van der Waals surface area contributed by atoms with E-state index in [1.807, 2.05) is 12.1 Å². The van der Waals surface area contributed by atoms with Gasteiger partial charge in [0, 0.05) is 18.2 Å². The zero-order chi connectivity index (χ0) is 13.8. The molecule has 1 aromatic carbocycles. The first kappa shape index (κ1) is 14.5. The molecule has 0 heterocycles. The van der Waals surface area contributed by atoms with Crippen molar-refractivity contribution < 1.29 is 4.92 Å². The highest BCUT2D eigenvalue weighted by molar-refractivity contribution is 9.10. The van der Waals surface area contributed by atoms with Crippen LogP contribution in [-0.2, 0) is 6.54 Å². The number of halogens is 1. The maximum absolute atomic E-state index is 11.2. The Morgan fingerprint density at radius 2 is 2.05 bits per heavy atom. The summed E-state index contributed by atoms with van der Waals surface area (Å²) < 4.78 is 0.562. The number of benzene rings is 1. The highest BCUT2D eigenvalue weighted by atomic mass is 79.9. The zero-order valence-electron chi connectivity index (χ0n) is 11.1. The summed E-state index contributed by atoms with van der Waals surface area (Å²) in [6, 6.07) is 6.00. The van der Waals surface area contributed by atoms with Crippen molar-refractivity contribution in [3.63, 3.8) is 0 Å². The van der Waals surface area contributed by atoms with Crippen LogP contribution in [0.1, 0.15) is 37.7 Å². The van der Waals surface area contributed by atoms with E-state index in [0.717, 1.165) is 5.56 Å². The van der Waals surface area contributed by atoms with E-state index in [4.69, 9.17) is 0 Å². The van der Waals surface area contributed by atoms with Crippen LogP contribution in [-0.4, -0.2) is 22.9 Å². The van der Waals surface area contributed by atoms with Gasteiger partial charge in [-0.2, -0.15) is 0 Å². The van der Waals surface area contributed by atoms with E-state index in [1.165, 1.54) is 32.1 Å². The number of nitro groups is 1. The monoisotopic (exact) mass is 326 g/mol. The predicted octanol–water partition coefficient (Wildman–Crippen LogP) is 4.12. The van der Waals surface area contributed by atoms with E-state index in [0.29, 0.717) is 17.1 Å². The fourth-order valence-corrected chi connectivity index (χ4v) is 3.36. The van der Waals surface area contributed by atoms with Crippen LogP contribution in [0.25, 0.3) is 0 Å². The third kappa shape index (κ3) is 3.54. The van der Waals surface area contributed by atoms with E-state index in [-0.39, 0.29) is 10.6 Å². The van der Waals surface area contributed by atoms with Gasteiger partial charge in [0.1, 0.15) is 0 Å². The predicted molar refractivity (Wildman–Crippen MR) is 79.1 cm³/mol. The number of hydrogen-bond acceptors (Lipinski definition) is 3. The van der Waals surface area contributed by atoms with Crippen molar-refractivity contribution in [1.82, 2.24) is 4.90 Å². The molecule has 4 nitrogen and oxygen atoms in total. The Bertz CT molecular complexity index is 459. The second-order valence-corrected chi connectivity index (χ2v) is 6.07. The summed E-state index contributed by atoms with van der Waals surface area (Å²) in [4.78, 5) is 13.1. The molecule has 0 saturated heterocycles. The average molecular weight is 327 g/mol. The van der Waals surface area contributed by atoms with Gasteiger partial charge < -0.3 is 0 Å². The molecule has 0 amide bonds. The third-order valence-electron chi connectivity index (χ3n) is 3.87. The Hall–Kier alpha value is -0.940. The molecule has 1 aliphatic rings. The lowest BCUT2D eigenvalue weighted by Crippen LogP contribution is -2.33. The van der Waals surface area contributed by atoms with Crippen molar-refractivity contribution in [1.29, 1.82) is 0 Å². The molecule has 2 rings (SSSR count). The molecule has 104 valence electrons. The third-order valence-corrected chi connectivity index (χ3v) is 4.51. The Labute approximate surface area is 122 Å². The van der Waals surface area contributed by atoms with E-state index < -0.39 is 0 Å². The van der Waals surface area contributed by atoms with E-state index in [2.05, 4.69) is 27.9 Å². The molecule has 1 aliphatic carbocycles. The van der Waals surface area contributed by atoms with Gasteiger partial charge in [-0.05, 0) is 41.9 Å². The van der Waals surface area contributed by atoms with Crippen LogP contribution in [0, 0.1) is 10.1 Å². The standard InChI is InChI=1S/C14H19BrN2O2/c1-16(12-7-3-2-4-8-12)10-11-6-5-9-13(15)14(11)17(18)19/h5-6,9,12H,2-4,7-8,10H2,1H3. The molecule has 1 aromatic rings. The van der Waals surface area contributed by atoms with Gasteiger partial charge in [0.25, 0.3) is 5.69 Å². The molecule has 0 unspecified atom stereocenters. The molecule has 5 heteroatoms. The first-order valence-electron chi connectivity index (χ1n) is 6.71. The fourth-order valence-electron chi connectivity index (χ4n) is 2.81. The maximum Gasteiger partial charge on any atom is 0.287 e. The summed E-state index contributed by atoms with van der Waals surface area (Å²) in [5.41, 5.74) is 0.984. The molecular formula is C14H19BrN2O2. The smallest absolute Gasteiger partial charge is 0.287 e. The summed E-state index contributed by atoms with van der Waals surface area (Å²) in [7, 11) is 2.07. The fraction of sp³-hybridized carbons (Fsp3) is 0.571. The van der Waals surface area contributed by atoms with Gasteiger partial charge in [-0.25, -0.2) is 0 Å². The quantitative estimate of drug-likeness (QED) is 0.617. The highest BCUT2D eigenvalue weighted by Gasteiger charge is 2.23. The summed E-state index contributed by atoms with van der Waals surface area (Å²) in [5, 5.41) is 11.2. The van der Waals surface area contributed by atoms with Crippen molar-refractivity contribution in [3.05, 3.63) is 38.3 Å². The van der Waals surface area contributed by atoms with Crippen LogP contribution in [0.15, 0.2) is 22.7 Å². The maximum atomic E-state index is 11.2. The molecule has 0 N–H and O–H groups in total. The molecule has 0 atom stereocenters. The van der Waals surface area contributed by atoms with Crippen molar-refractivity contribution in [2.75, 3.05) is 7.05 Å². The SMILES string of the molecule is CN(Cc1cccc(Br)c1[N+](=O)[O-])C1CCCCC1. The van der Waals surface area contributed by atoms with Gasteiger partial charge in [-0.1, -0.05) is 31.4 Å².